The number of aromatic nitrogens is 1. The summed E-state index contributed by atoms with van der Waals surface area (Å²) in [5.74, 6) is -0.356. The minimum absolute atomic E-state index is 0.00951. The molecule has 0 unspecified atom stereocenters. The van der Waals surface area contributed by atoms with E-state index in [0.29, 0.717) is 25.2 Å². The molecule has 0 saturated heterocycles. The van der Waals surface area contributed by atoms with Crippen molar-refractivity contribution >= 4 is 21.4 Å². The second-order valence-electron chi connectivity index (χ2n) is 9.11. The monoisotopic (exact) mass is 529 g/mol. The Bertz CT molecular complexity index is 1250. The van der Waals surface area contributed by atoms with Crippen molar-refractivity contribution in [3.63, 3.8) is 0 Å². The lowest BCUT2D eigenvalue weighted by atomic mass is 10.1. The first-order chi connectivity index (χ1) is 17.7. The largest absolute Gasteiger partial charge is 0.493 e. The van der Waals surface area contributed by atoms with E-state index in [-0.39, 0.29) is 34.1 Å². The molecule has 0 aliphatic heterocycles. The third-order valence-corrected chi connectivity index (χ3v) is 8.18. The van der Waals surface area contributed by atoms with Crippen LogP contribution in [0.15, 0.2) is 44.2 Å². The molecule has 202 valence electrons. The summed E-state index contributed by atoms with van der Waals surface area (Å²) in [6, 6.07) is 8.01. The normalized spacial score (nSPS) is 11.9. The predicted octanol–water partition coefficient (Wildman–Crippen LogP) is 6.32. The second-order valence-corrected chi connectivity index (χ2v) is 11.0. The number of benzene rings is 1. The Balaban J connectivity index is 2.35. The number of nitrogens with zero attached hydrogens (tertiary/aromatic N) is 5. The molecule has 0 saturated carbocycles. The Labute approximate surface area is 220 Å². The maximum absolute atomic E-state index is 13.2. The lowest BCUT2D eigenvalue weighted by molar-refractivity contribution is 0.395. The zero-order valence-electron chi connectivity index (χ0n) is 22.4. The average Bonchev–Trinajstić information content (AvgIpc) is 2.88. The Morgan fingerprint density at radius 3 is 2.08 bits per heavy atom. The number of unbranched alkanes of at least 4 members (excludes halogenated alkanes) is 5. The van der Waals surface area contributed by atoms with Crippen LogP contribution in [0, 0.1) is 18.3 Å². The summed E-state index contributed by atoms with van der Waals surface area (Å²) >= 11 is 0. The predicted molar refractivity (Wildman–Crippen MR) is 145 cm³/mol. The highest BCUT2D eigenvalue weighted by Crippen LogP contribution is 2.28. The quantitative estimate of drug-likeness (QED) is 0.213. The van der Waals surface area contributed by atoms with Crippen molar-refractivity contribution in [2.45, 2.75) is 90.5 Å². The van der Waals surface area contributed by atoms with Crippen LogP contribution in [-0.4, -0.2) is 35.5 Å². The van der Waals surface area contributed by atoms with Gasteiger partial charge in [-0.2, -0.15) is 14.7 Å². The van der Waals surface area contributed by atoms with Crippen LogP contribution in [0.1, 0.15) is 83.3 Å². The Morgan fingerprint density at radius 1 is 0.946 bits per heavy atom. The van der Waals surface area contributed by atoms with E-state index in [9.17, 15) is 23.6 Å². The minimum atomic E-state index is -3.63. The van der Waals surface area contributed by atoms with E-state index in [2.05, 4.69) is 17.2 Å². The molecule has 9 nitrogen and oxygen atoms in total. The van der Waals surface area contributed by atoms with Crippen LogP contribution < -0.4 is 5.56 Å². The van der Waals surface area contributed by atoms with Gasteiger partial charge in [-0.3, -0.25) is 9.36 Å². The van der Waals surface area contributed by atoms with Gasteiger partial charge in [0.25, 0.3) is 5.56 Å². The van der Waals surface area contributed by atoms with Crippen molar-refractivity contribution in [3.05, 3.63) is 45.7 Å². The van der Waals surface area contributed by atoms with Crippen LogP contribution in [0.2, 0.25) is 0 Å². The third kappa shape index (κ3) is 7.73. The van der Waals surface area contributed by atoms with Gasteiger partial charge in [0.1, 0.15) is 11.6 Å². The summed E-state index contributed by atoms with van der Waals surface area (Å²) < 4.78 is 29.0. The molecule has 0 aliphatic carbocycles. The van der Waals surface area contributed by atoms with E-state index >= 15 is 0 Å². The fourth-order valence-electron chi connectivity index (χ4n) is 3.92. The first-order valence-electron chi connectivity index (χ1n) is 13.1. The summed E-state index contributed by atoms with van der Waals surface area (Å²) in [6.07, 6.45) is 7.04. The molecule has 1 N–H and O–H groups in total. The summed E-state index contributed by atoms with van der Waals surface area (Å²) in [5, 5.41) is 28.3. The Morgan fingerprint density at radius 2 is 1.54 bits per heavy atom. The zero-order chi connectivity index (χ0) is 27.4. The molecule has 2 aromatic rings. The van der Waals surface area contributed by atoms with Crippen LogP contribution in [0.3, 0.4) is 0 Å². The van der Waals surface area contributed by atoms with E-state index in [1.807, 2.05) is 19.9 Å². The molecular weight excluding hydrogens is 490 g/mol. The molecule has 0 spiro atoms. The summed E-state index contributed by atoms with van der Waals surface area (Å²) in [5.41, 5.74) is 0.0697. The van der Waals surface area contributed by atoms with Crippen molar-refractivity contribution in [2.75, 3.05) is 13.1 Å². The summed E-state index contributed by atoms with van der Waals surface area (Å²) in [6.45, 7) is 8.92. The molecule has 0 atom stereocenters. The number of aromatic hydroxyl groups is 1. The molecule has 0 fully saturated rings. The molecule has 0 amide bonds. The van der Waals surface area contributed by atoms with Crippen LogP contribution in [0.5, 0.6) is 5.88 Å². The topological polar surface area (TPSA) is 128 Å². The molecule has 0 radical (unpaired) electrons. The minimum Gasteiger partial charge on any atom is -0.493 e. The fraction of sp³-hybridized carbons (Fsp3) is 0.556. The molecule has 37 heavy (non-hydrogen) atoms. The highest BCUT2D eigenvalue weighted by atomic mass is 32.2. The van der Waals surface area contributed by atoms with E-state index in [4.69, 9.17) is 0 Å². The number of hydrogen-bond donors (Lipinski definition) is 1. The molecule has 2 rings (SSSR count). The number of rotatable bonds is 15. The van der Waals surface area contributed by atoms with Gasteiger partial charge in [0.15, 0.2) is 5.69 Å². The second kappa shape index (κ2) is 14.6. The fourth-order valence-corrected chi connectivity index (χ4v) is 5.44. The van der Waals surface area contributed by atoms with Crippen molar-refractivity contribution < 1.29 is 13.5 Å². The molecule has 1 aromatic heterocycles. The number of nitriles is 1. The number of azo groups is 1. The van der Waals surface area contributed by atoms with Gasteiger partial charge in [-0.05, 0) is 50.5 Å². The van der Waals surface area contributed by atoms with E-state index < -0.39 is 15.6 Å². The third-order valence-electron chi connectivity index (χ3n) is 6.27. The highest BCUT2D eigenvalue weighted by molar-refractivity contribution is 7.89. The maximum Gasteiger partial charge on any atom is 0.281 e. The zero-order valence-corrected chi connectivity index (χ0v) is 23.2. The number of hydrogen-bond acceptors (Lipinski definition) is 7. The SMILES string of the molecule is CCCCCCn1c(O)c(C#N)c(C)c(N=Nc2ccc(S(=O)(=O)N(CCCC)CCCC)cc2)c1=O. The van der Waals surface area contributed by atoms with Gasteiger partial charge in [0.2, 0.25) is 15.9 Å². The molecule has 10 heteroatoms. The number of sulfonamides is 1. The number of pyridine rings is 1. The maximum atomic E-state index is 13.2. The summed E-state index contributed by atoms with van der Waals surface area (Å²) in [4.78, 5) is 13.2. The highest BCUT2D eigenvalue weighted by Gasteiger charge is 2.23. The van der Waals surface area contributed by atoms with Gasteiger partial charge in [0.05, 0.1) is 10.6 Å². The van der Waals surface area contributed by atoms with Gasteiger partial charge < -0.3 is 5.11 Å². The van der Waals surface area contributed by atoms with E-state index in [1.165, 1.54) is 21.0 Å². The first-order valence-corrected chi connectivity index (χ1v) is 14.5. The van der Waals surface area contributed by atoms with Gasteiger partial charge in [-0.15, -0.1) is 5.11 Å². The van der Waals surface area contributed by atoms with Crippen LogP contribution in [-0.2, 0) is 16.6 Å². The first kappa shape index (κ1) is 30.2. The van der Waals surface area contributed by atoms with Crippen molar-refractivity contribution in [1.82, 2.24) is 8.87 Å². The molecule has 0 bridgehead atoms. The smallest absolute Gasteiger partial charge is 0.281 e. The molecule has 1 aromatic carbocycles. The Kier molecular flexibility index (Phi) is 12.0. The van der Waals surface area contributed by atoms with Gasteiger partial charge in [-0.1, -0.05) is 52.9 Å². The molecule has 1 heterocycles. The van der Waals surface area contributed by atoms with Gasteiger partial charge >= 0.3 is 0 Å². The van der Waals surface area contributed by atoms with Crippen LogP contribution in [0.4, 0.5) is 11.4 Å². The lowest BCUT2D eigenvalue weighted by Gasteiger charge is -2.22. The van der Waals surface area contributed by atoms with Crippen molar-refractivity contribution in [2.24, 2.45) is 10.2 Å². The van der Waals surface area contributed by atoms with Crippen molar-refractivity contribution in [1.29, 1.82) is 5.26 Å². The molecular formula is C27H39N5O4S. The van der Waals surface area contributed by atoms with Crippen LogP contribution >= 0.6 is 0 Å². The standard InChI is InChI=1S/C27H39N5O4S/c1-5-8-11-12-19-32-26(33)24(20-28)21(4)25(27(32)34)30-29-22-13-15-23(16-14-22)37(35,36)31(17-9-6-2)18-10-7-3/h13-16,33H,5-12,17-19H2,1-4H3. The van der Waals surface area contributed by atoms with E-state index in [1.54, 1.807) is 19.1 Å². The van der Waals surface area contributed by atoms with Crippen LogP contribution in [0.25, 0.3) is 0 Å². The van der Waals surface area contributed by atoms with E-state index in [0.717, 1.165) is 44.9 Å². The Hall–Kier alpha value is -3.03. The van der Waals surface area contributed by atoms with Crippen molar-refractivity contribution in [3.8, 4) is 11.9 Å². The van der Waals surface area contributed by atoms with Gasteiger partial charge in [-0.25, -0.2) is 8.42 Å². The molecule has 0 aliphatic rings. The summed E-state index contributed by atoms with van der Waals surface area (Å²) in [7, 11) is -3.63. The van der Waals surface area contributed by atoms with Gasteiger partial charge in [0, 0.05) is 25.2 Å². The lowest BCUT2D eigenvalue weighted by Crippen LogP contribution is -2.33. The average molecular weight is 530 g/mol.